The minimum atomic E-state index is -3.17. The molecule has 0 radical (unpaired) electrons. The molecule has 7 heteroatoms. The van der Waals surface area contributed by atoms with E-state index >= 15 is 0 Å². The second kappa shape index (κ2) is 10.7. The lowest BCUT2D eigenvalue weighted by molar-refractivity contribution is 0.340. The fourth-order valence-corrected chi connectivity index (χ4v) is 4.34. The maximum atomic E-state index is 12.4. The molecule has 0 aliphatic heterocycles. The Hall–Kier alpha value is -2.71. The molecule has 0 bridgehead atoms. The van der Waals surface area contributed by atoms with E-state index in [4.69, 9.17) is 10.5 Å². The van der Waals surface area contributed by atoms with E-state index in [0.717, 1.165) is 11.1 Å². The molecule has 0 unspecified atom stereocenters. The van der Waals surface area contributed by atoms with Gasteiger partial charge in [0.25, 0.3) is 0 Å². The molecule has 152 valence electrons. The van der Waals surface area contributed by atoms with Crippen LogP contribution in [0.1, 0.15) is 22.3 Å². The highest BCUT2D eigenvalue weighted by Gasteiger charge is 2.14. The van der Waals surface area contributed by atoms with Gasteiger partial charge < -0.3 is 9.80 Å². The van der Waals surface area contributed by atoms with Gasteiger partial charge in [-0.25, -0.2) is 8.42 Å². The second-order valence-corrected chi connectivity index (χ2v) is 9.56. The Balaban J connectivity index is 1.78. The first-order chi connectivity index (χ1) is 13.8. The summed E-state index contributed by atoms with van der Waals surface area (Å²) in [4.78, 5) is 3.90. The van der Waals surface area contributed by atoms with Crippen molar-refractivity contribution in [3.63, 3.8) is 0 Å². The predicted octanol–water partition coefficient (Wildman–Crippen LogP) is 2.41. The molecular weight excluding hydrogens is 384 g/mol. The van der Waals surface area contributed by atoms with E-state index in [1.54, 1.807) is 12.1 Å². The van der Waals surface area contributed by atoms with Crippen molar-refractivity contribution in [2.45, 2.75) is 13.1 Å². The summed E-state index contributed by atoms with van der Waals surface area (Å²) < 4.78 is 24.8. The van der Waals surface area contributed by atoms with E-state index in [0.29, 0.717) is 37.3 Å². The molecule has 0 atom stereocenters. The van der Waals surface area contributed by atoms with Crippen LogP contribution in [-0.4, -0.2) is 56.9 Å². The Morgan fingerprint density at radius 1 is 0.793 bits per heavy atom. The van der Waals surface area contributed by atoms with Gasteiger partial charge in [-0.2, -0.15) is 10.5 Å². The van der Waals surface area contributed by atoms with Gasteiger partial charge >= 0.3 is 0 Å². The molecule has 0 aliphatic carbocycles. The van der Waals surface area contributed by atoms with Crippen LogP contribution in [0, 0.1) is 22.7 Å². The van der Waals surface area contributed by atoms with E-state index in [-0.39, 0.29) is 11.5 Å². The van der Waals surface area contributed by atoms with Gasteiger partial charge in [0.15, 0.2) is 9.84 Å². The van der Waals surface area contributed by atoms with Gasteiger partial charge in [0.05, 0.1) is 34.8 Å². The van der Waals surface area contributed by atoms with Crippen LogP contribution in [0.2, 0.25) is 0 Å². The lowest BCUT2D eigenvalue weighted by Crippen LogP contribution is -2.30. The number of nitriles is 2. The van der Waals surface area contributed by atoms with Crippen molar-refractivity contribution >= 4 is 9.84 Å². The maximum Gasteiger partial charge on any atom is 0.152 e. The van der Waals surface area contributed by atoms with E-state index in [1.165, 1.54) is 0 Å². The second-order valence-electron chi connectivity index (χ2n) is 7.25. The molecule has 0 saturated carbocycles. The molecule has 0 aliphatic rings. The van der Waals surface area contributed by atoms with E-state index in [9.17, 15) is 8.42 Å². The molecule has 0 saturated heterocycles. The molecule has 0 N–H and O–H groups in total. The van der Waals surface area contributed by atoms with E-state index in [2.05, 4.69) is 12.1 Å². The Morgan fingerprint density at radius 3 is 1.59 bits per heavy atom. The molecule has 29 heavy (non-hydrogen) atoms. The number of nitrogens with zero attached hydrogens (tertiary/aromatic N) is 4. The quantitative estimate of drug-likeness (QED) is 0.598. The standard InChI is InChI=1S/C22H26N4O2S/c1-25(17-21-7-3-5-19(13-21)15-23)9-11-29(27,28)12-10-26(2)18-22-8-4-6-20(14-22)16-24/h3-8,13-14H,9-12,17-18H2,1-2H3. The van der Waals surface area contributed by atoms with Crippen molar-refractivity contribution in [1.82, 2.24) is 9.80 Å². The molecule has 2 aromatic carbocycles. The van der Waals surface area contributed by atoms with Gasteiger partial charge in [0, 0.05) is 26.2 Å². The SMILES string of the molecule is CN(CCS(=O)(=O)CCN(C)Cc1cccc(C#N)c1)Cc1cccc(C#N)c1. The van der Waals surface area contributed by atoms with Crippen LogP contribution in [0.4, 0.5) is 0 Å². The fourth-order valence-electron chi connectivity index (χ4n) is 2.95. The highest BCUT2D eigenvalue weighted by atomic mass is 32.2. The zero-order chi connectivity index (χ0) is 21.3. The number of hydrogen-bond donors (Lipinski definition) is 0. The molecular formula is C22H26N4O2S. The fraction of sp³-hybridized carbons (Fsp3) is 0.364. The Kier molecular flexibility index (Phi) is 8.35. The van der Waals surface area contributed by atoms with Crippen LogP contribution in [-0.2, 0) is 22.9 Å². The zero-order valence-corrected chi connectivity index (χ0v) is 17.7. The first-order valence-corrected chi connectivity index (χ1v) is 11.2. The zero-order valence-electron chi connectivity index (χ0n) is 16.9. The summed E-state index contributed by atoms with van der Waals surface area (Å²) in [5.41, 5.74) is 3.19. The highest BCUT2D eigenvalue weighted by molar-refractivity contribution is 7.91. The molecule has 0 aromatic heterocycles. The minimum absolute atomic E-state index is 0.0964. The van der Waals surface area contributed by atoms with Crippen LogP contribution in [0.5, 0.6) is 0 Å². The van der Waals surface area contributed by atoms with Gasteiger partial charge in [0.1, 0.15) is 0 Å². The average Bonchev–Trinajstić information content (AvgIpc) is 2.71. The molecule has 0 fully saturated rings. The Labute approximate surface area is 173 Å². The maximum absolute atomic E-state index is 12.4. The molecule has 0 spiro atoms. The van der Waals surface area contributed by atoms with Crippen molar-refractivity contribution in [3.05, 3.63) is 70.8 Å². The van der Waals surface area contributed by atoms with Crippen molar-refractivity contribution < 1.29 is 8.42 Å². The van der Waals surface area contributed by atoms with Crippen molar-refractivity contribution in [2.24, 2.45) is 0 Å². The summed E-state index contributed by atoms with van der Waals surface area (Å²) in [5, 5.41) is 17.9. The lowest BCUT2D eigenvalue weighted by Gasteiger charge is -2.19. The van der Waals surface area contributed by atoms with Crippen LogP contribution in [0.15, 0.2) is 48.5 Å². The van der Waals surface area contributed by atoms with E-state index < -0.39 is 9.84 Å². The summed E-state index contributed by atoms with van der Waals surface area (Å²) >= 11 is 0. The number of rotatable bonds is 10. The van der Waals surface area contributed by atoms with Crippen LogP contribution in [0.25, 0.3) is 0 Å². The Bertz CT molecular complexity index is 930. The summed E-state index contributed by atoms with van der Waals surface area (Å²) in [6, 6.07) is 18.9. The molecule has 6 nitrogen and oxygen atoms in total. The van der Waals surface area contributed by atoms with Crippen LogP contribution < -0.4 is 0 Å². The van der Waals surface area contributed by atoms with Crippen LogP contribution >= 0.6 is 0 Å². The summed E-state index contributed by atoms with van der Waals surface area (Å²) in [5.74, 6) is 0.193. The minimum Gasteiger partial charge on any atom is -0.301 e. The highest BCUT2D eigenvalue weighted by Crippen LogP contribution is 2.09. The molecule has 0 heterocycles. The third-order valence-corrected chi connectivity index (χ3v) is 6.19. The summed E-state index contributed by atoms with van der Waals surface area (Å²) in [6.07, 6.45) is 0. The van der Waals surface area contributed by atoms with Crippen LogP contribution in [0.3, 0.4) is 0 Å². The molecule has 0 amide bonds. The van der Waals surface area contributed by atoms with Crippen molar-refractivity contribution in [1.29, 1.82) is 10.5 Å². The van der Waals surface area contributed by atoms with Crippen molar-refractivity contribution in [3.8, 4) is 12.1 Å². The number of sulfone groups is 1. The predicted molar refractivity (Wildman–Crippen MR) is 114 cm³/mol. The third kappa shape index (κ3) is 8.05. The lowest BCUT2D eigenvalue weighted by atomic mass is 10.1. The first-order valence-electron chi connectivity index (χ1n) is 9.37. The summed E-state index contributed by atoms with van der Waals surface area (Å²) in [6.45, 7) is 2.07. The largest absolute Gasteiger partial charge is 0.301 e. The smallest absolute Gasteiger partial charge is 0.152 e. The van der Waals surface area contributed by atoms with Gasteiger partial charge in [-0.05, 0) is 49.5 Å². The molecule has 2 rings (SSSR count). The normalized spacial score (nSPS) is 11.4. The van der Waals surface area contributed by atoms with Gasteiger partial charge in [-0.15, -0.1) is 0 Å². The van der Waals surface area contributed by atoms with Crippen molar-refractivity contribution in [2.75, 3.05) is 38.7 Å². The third-order valence-electron chi connectivity index (χ3n) is 4.59. The number of benzene rings is 2. The average molecular weight is 411 g/mol. The first kappa shape index (κ1) is 22.6. The molecule has 2 aromatic rings. The Morgan fingerprint density at radius 2 is 1.21 bits per heavy atom. The summed E-state index contributed by atoms with van der Waals surface area (Å²) in [7, 11) is 0.586. The number of hydrogen-bond acceptors (Lipinski definition) is 6. The topological polar surface area (TPSA) is 88.2 Å². The monoisotopic (exact) mass is 410 g/mol. The van der Waals surface area contributed by atoms with Gasteiger partial charge in [0.2, 0.25) is 0 Å². The van der Waals surface area contributed by atoms with Gasteiger partial charge in [-0.1, -0.05) is 24.3 Å². The van der Waals surface area contributed by atoms with E-state index in [1.807, 2.05) is 60.3 Å². The van der Waals surface area contributed by atoms with Gasteiger partial charge in [-0.3, -0.25) is 0 Å².